The van der Waals surface area contributed by atoms with Crippen LogP contribution in [0, 0.1) is 0 Å². The van der Waals surface area contributed by atoms with Crippen molar-refractivity contribution < 1.29 is 27.8 Å². The summed E-state index contributed by atoms with van der Waals surface area (Å²) < 4.78 is 44.5. The third-order valence-corrected chi connectivity index (χ3v) is 5.47. The predicted molar refractivity (Wildman–Crippen MR) is 113 cm³/mol. The largest absolute Gasteiger partial charge is 0.510 e. The van der Waals surface area contributed by atoms with E-state index in [1.165, 1.54) is 6.07 Å². The van der Waals surface area contributed by atoms with Gasteiger partial charge in [-0.25, -0.2) is 19.7 Å². The summed E-state index contributed by atoms with van der Waals surface area (Å²) in [6.45, 7) is 0. The Hall–Kier alpha value is -3.60. The van der Waals surface area contributed by atoms with E-state index in [-0.39, 0.29) is 27.7 Å². The molecule has 0 radical (unpaired) electrons. The molecule has 0 amide bonds. The second-order valence-corrected chi connectivity index (χ2v) is 7.54. The Balaban J connectivity index is 1.73. The number of thioether (sulfide) groups is 1. The number of aliphatic hydroxyl groups is 1. The van der Waals surface area contributed by atoms with Crippen LogP contribution in [0.2, 0.25) is 0 Å². The molecule has 0 fully saturated rings. The number of imidazole rings is 1. The Bertz CT molecular complexity index is 1320. The highest BCUT2D eigenvalue weighted by atomic mass is 32.2. The van der Waals surface area contributed by atoms with Gasteiger partial charge in [-0.05, 0) is 18.2 Å². The van der Waals surface area contributed by atoms with Crippen molar-refractivity contribution in [2.75, 3.05) is 12.9 Å². The molecule has 0 unspecified atom stereocenters. The number of halogens is 3. The highest BCUT2D eigenvalue weighted by Gasteiger charge is 2.35. The number of aromatic amines is 1. The number of hydrogen-bond acceptors (Lipinski definition) is 7. The lowest BCUT2D eigenvalue weighted by atomic mass is 10.2. The molecule has 32 heavy (non-hydrogen) atoms. The summed E-state index contributed by atoms with van der Waals surface area (Å²) in [6.07, 6.45) is -4.73. The summed E-state index contributed by atoms with van der Waals surface area (Å²) in [5, 5.41) is 11.1. The van der Waals surface area contributed by atoms with E-state index >= 15 is 0 Å². The van der Waals surface area contributed by atoms with Crippen molar-refractivity contribution in [3.63, 3.8) is 0 Å². The SMILES string of the molecule is COC(=O)/C(=C(/O)CSc1nc(C(F)(F)F)nc2ccccc12)c1nc2ccccc2[nH]1. The zero-order chi connectivity index (χ0) is 22.9. The Morgan fingerprint density at radius 1 is 1.06 bits per heavy atom. The van der Waals surface area contributed by atoms with Gasteiger partial charge in [0, 0.05) is 5.39 Å². The molecule has 0 atom stereocenters. The van der Waals surface area contributed by atoms with Crippen LogP contribution >= 0.6 is 11.8 Å². The zero-order valence-electron chi connectivity index (χ0n) is 16.5. The van der Waals surface area contributed by atoms with Crippen molar-refractivity contribution >= 4 is 45.2 Å². The van der Waals surface area contributed by atoms with E-state index in [4.69, 9.17) is 4.74 Å². The van der Waals surface area contributed by atoms with E-state index in [0.29, 0.717) is 16.4 Å². The summed E-state index contributed by atoms with van der Waals surface area (Å²) in [5.41, 5.74) is 1.11. The number of rotatable bonds is 5. The van der Waals surface area contributed by atoms with Crippen molar-refractivity contribution in [1.82, 2.24) is 19.9 Å². The quantitative estimate of drug-likeness (QED) is 0.146. The monoisotopic (exact) mass is 460 g/mol. The van der Waals surface area contributed by atoms with Gasteiger partial charge in [0.2, 0.25) is 5.82 Å². The minimum atomic E-state index is -4.73. The number of carbonyl (C=O) groups is 1. The highest BCUT2D eigenvalue weighted by Crippen LogP contribution is 2.33. The predicted octanol–water partition coefficient (Wildman–Crippen LogP) is 4.76. The van der Waals surface area contributed by atoms with E-state index in [1.807, 2.05) is 0 Å². The smallest absolute Gasteiger partial charge is 0.451 e. The van der Waals surface area contributed by atoms with Crippen LogP contribution in [0.1, 0.15) is 11.6 Å². The van der Waals surface area contributed by atoms with E-state index in [2.05, 4.69) is 19.9 Å². The Morgan fingerprint density at radius 3 is 2.44 bits per heavy atom. The third kappa shape index (κ3) is 4.24. The molecule has 4 aromatic rings. The van der Waals surface area contributed by atoms with Gasteiger partial charge in [-0.1, -0.05) is 42.1 Å². The fourth-order valence-corrected chi connectivity index (χ4v) is 3.91. The maximum Gasteiger partial charge on any atom is 0.451 e. The lowest BCUT2D eigenvalue weighted by Crippen LogP contribution is -2.12. The van der Waals surface area contributed by atoms with Crippen LogP contribution in [-0.2, 0) is 15.7 Å². The fraction of sp³-hybridized carbons (Fsp3) is 0.143. The zero-order valence-corrected chi connectivity index (χ0v) is 17.3. The van der Waals surface area contributed by atoms with Gasteiger partial charge >= 0.3 is 12.1 Å². The second kappa shape index (κ2) is 8.50. The van der Waals surface area contributed by atoms with Crippen molar-refractivity contribution in [2.45, 2.75) is 11.2 Å². The van der Waals surface area contributed by atoms with Crippen LogP contribution in [0.5, 0.6) is 0 Å². The number of benzene rings is 2. The van der Waals surface area contributed by atoms with Gasteiger partial charge in [-0.2, -0.15) is 13.2 Å². The molecule has 0 aliphatic rings. The molecular formula is C21H15F3N4O3S. The van der Waals surface area contributed by atoms with Crippen molar-refractivity contribution in [3.8, 4) is 0 Å². The number of methoxy groups -OCH3 is 1. The molecule has 4 rings (SSSR count). The Kier molecular flexibility index (Phi) is 5.74. The average molecular weight is 460 g/mol. The summed E-state index contributed by atoms with van der Waals surface area (Å²) in [5.74, 6) is -2.71. The molecule has 2 N–H and O–H groups in total. The number of carbonyl (C=O) groups excluding carboxylic acids is 1. The first-order valence-corrected chi connectivity index (χ1v) is 10.2. The number of alkyl halides is 3. The van der Waals surface area contributed by atoms with Crippen molar-refractivity contribution in [3.05, 3.63) is 65.9 Å². The van der Waals surface area contributed by atoms with Gasteiger partial charge in [0.1, 0.15) is 22.2 Å². The lowest BCUT2D eigenvalue weighted by molar-refractivity contribution is -0.145. The number of esters is 1. The molecule has 11 heteroatoms. The van der Waals surface area contributed by atoms with Gasteiger partial charge < -0.3 is 14.8 Å². The topological polar surface area (TPSA) is 101 Å². The van der Waals surface area contributed by atoms with Gasteiger partial charge in [-0.3, -0.25) is 0 Å². The van der Waals surface area contributed by atoms with E-state index < -0.39 is 23.7 Å². The summed E-state index contributed by atoms with van der Waals surface area (Å²) in [6, 6.07) is 13.3. The number of H-pyrrole nitrogens is 1. The highest BCUT2D eigenvalue weighted by molar-refractivity contribution is 7.99. The average Bonchev–Trinajstić information content (AvgIpc) is 3.20. The molecule has 2 aromatic carbocycles. The van der Waals surface area contributed by atoms with Crippen LogP contribution in [0.25, 0.3) is 27.5 Å². The molecule has 0 bridgehead atoms. The van der Waals surface area contributed by atoms with E-state index in [9.17, 15) is 23.1 Å². The molecule has 0 saturated heterocycles. The summed E-state index contributed by atoms with van der Waals surface area (Å²) in [4.78, 5) is 26.8. The molecule has 0 aliphatic carbocycles. The Morgan fingerprint density at radius 2 is 1.75 bits per heavy atom. The summed E-state index contributed by atoms with van der Waals surface area (Å²) >= 11 is 0.838. The minimum Gasteiger partial charge on any atom is -0.510 e. The van der Waals surface area contributed by atoms with E-state index in [1.54, 1.807) is 42.5 Å². The van der Waals surface area contributed by atoms with Crippen LogP contribution < -0.4 is 0 Å². The molecule has 2 heterocycles. The standard InChI is InChI=1S/C21H15F3N4O3S/c1-31-19(30)16(17-25-13-8-4-5-9-14(13)26-17)15(29)10-32-18-11-6-2-3-7-12(11)27-20(28-18)21(22,23)24/h2-9,29H,10H2,1H3,(H,25,26)/b16-15+. The first-order chi connectivity index (χ1) is 15.3. The van der Waals surface area contributed by atoms with Gasteiger partial charge in [0.05, 0.1) is 29.4 Å². The molecule has 164 valence electrons. The molecule has 7 nitrogen and oxygen atoms in total. The number of fused-ring (bicyclic) bond motifs is 2. The summed E-state index contributed by atoms with van der Waals surface area (Å²) in [7, 11) is 1.15. The van der Waals surface area contributed by atoms with Gasteiger partial charge in [-0.15, -0.1) is 0 Å². The third-order valence-electron chi connectivity index (χ3n) is 4.47. The maximum absolute atomic E-state index is 13.2. The minimum absolute atomic E-state index is 0.0169. The first kappa shape index (κ1) is 21.6. The maximum atomic E-state index is 13.2. The van der Waals surface area contributed by atoms with Crippen LogP contribution in [0.15, 0.2) is 59.3 Å². The number of para-hydroxylation sites is 3. The molecule has 2 aromatic heterocycles. The van der Waals surface area contributed by atoms with Gasteiger partial charge in [0.15, 0.2) is 0 Å². The fourth-order valence-electron chi connectivity index (χ4n) is 3.02. The number of nitrogens with one attached hydrogen (secondary N) is 1. The number of ether oxygens (including phenoxy) is 1. The number of aliphatic hydroxyl groups excluding tert-OH is 1. The number of aromatic nitrogens is 4. The normalized spacial score (nSPS) is 12.8. The van der Waals surface area contributed by atoms with Crippen LogP contribution in [-0.4, -0.2) is 43.9 Å². The molecule has 0 aliphatic heterocycles. The Labute approximate surface area is 183 Å². The van der Waals surface area contributed by atoms with Crippen molar-refractivity contribution in [1.29, 1.82) is 0 Å². The van der Waals surface area contributed by atoms with Crippen LogP contribution in [0.4, 0.5) is 13.2 Å². The molecule has 0 saturated carbocycles. The second-order valence-electron chi connectivity index (χ2n) is 6.57. The van der Waals surface area contributed by atoms with Gasteiger partial charge in [0.25, 0.3) is 0 Å². The molecular weight excluding hydrogens is 445 g/mol. The van der Waals surface area contributed by atoms with Crippen LogP contribution in [0.3, 0.4) is 0 Å². The number of nitrogens with zero attached hydrogens (tertiary/aromatic N) is 3. The van der Waals surface area contributed by atoms with E-state index in [0.717, 1.165) is 18.9 Å². The van der Waals surface area contributed by atoms with Crippen molar-refractivity contribution in [2.24, 2.45) is 0 Å². The number of hydrogen-bond donors (Lipinski definition) is 2. The lowest BCUT2D eigenvalue weighted by Gasteiger charge is -2.11. The first-order valence-electron chi connectivity index (χ1n) is 9.20. The molecule has 0 spiro atoms.